The number of allylic oxidation sites excluding steroid dienone is 5. The minimum atomic E-state index is 0.903. The predicted molar refractivity (Wildman–Crippen MR) is 381 cm³/mol. The first-order valence-corrected chi connectivity index (χ1v) is 30.5. The van der Waals surface area contributed by atoms with Crippen molar-refractivity contribution >= 4 is 79.3 Å². The standard InChI is InChI=1S/C26H24N4.C22H18N4.C10H12.C8H10.C6H9N.C6H8S/c1-19-3-5-21(6-4-19)28-23-11-13-25(14-12-23)30-26-17-15-24(16-18-26)29-22-9-7-20(27-2)8-10-22;1-13-4-3-5-17(10-13)22-25-19-9-7-16(12-21(19)26-22)15-6-8-18-20(11-15)24-14(2)23-18;1-3-4-10-7-5-9(2)6-8-10;1-7-3-5-8(2)6-4-7;2*1-5-3-4-6(2)7-5/h3-18,27,29H,1-2H3;3-12H,1-2H3,(H,23,24)(H,25,26);3-8H,1-2H3;3-6H,1-2H3;3-4,7H,1-2H3;3-4H,1-2H3. The molecule has 88 heavy (non-hydrogen) atoms. The molecule has 1 aliphatic carbocycles. The summed E-state index contributed by atoms with van der Waals surface area (Å²) in [4.78, 5) is 31.2. The van der Waals surface area contributed by atoms with Gasteiger partial charge in [0.25, 0.3) is 0 Å². The van der Waals surface area contributed by atoms with Crippen LogP contribution in [0.5, 0.6) is 0 Å². The molecule has 0 aliphatic heterocycles. The second-order valence-corrected chi connectivity index (χ2v) is 23.4. The lowest BCUT2D eigenvalue weighted by molar-refractivity contribution is 1.17. The third kappa shape index (κ3) is 20.2. The van der Waals surface area contributed by atoms with Crippen molar-refractivity contribution in [3.8, 4) is 22.5 Å². The van der Waals surface area contributed by atoms with Crippen LogP contribution in [0.3, 0.4) is 0 Å². The molecule has 444 valence electrons. The number of nitrogens with zero attached hydrogens (tertiary/aromatic N) is 4. The molecular formula is C78H81N9S. The van der Waals surface area contributed by atoms with Crippen LogP contribution in [0.25, 0.3) is 50.7 Å². The molecule has 10 heteroatoms. The molecule has 8 aromatic carbocycles. The zero-order valence-electron chi connectivity index (χ0n) is 52.8. The first-order chi connectivity index (χ1) is 42.5. The SMILES string of the molecule is CC=Cc1ccc(C)cc1.CNc1ccc(Nc2ccc(N=C3C=CC(=Nc4ccc(C)cc4)C=C3)cc2)cc1.Cc1ccc(C)[nH]1.Cc1ccc(C)cc1.Cc1ccc(C)s1.Cc1cccc(-c2nc3ccc(-c4ccc5nc(C)[nH]c5c4)cc3[nH]2)c1. The molecule has 0 saturated carbocycles. The van der Waals surface area contributed by atoms with Crippen LogP contribution in [-0.2, 0) is 0 Å². The zero-order valence-corrected chi connectivity index (χ0v) is 53.6. The van der Waals surface area contributed by atoms with E-state index in [0.717, 1.165) is 90.3 Å². The van der Waals surface area contributed by atoms with Crippen molar-refractivity contribution in [1.29, 1.82) is 0 Å². The highest BCUT2D eigenvalue weighted by Crippen LogP contribution is 2.29. The van der Waals surface area contributed by atoms with Gasteiger partial charge in [-0.1, -0.05) is 131 Å². The van der Waals surface area contributed by atoms with Gasteiger partial charge in [0, 0.05) is 50.8 Å². The highest BCUT2D eigenvalue weighted by atomic mass is 32.1. The number of hydrogen-bond donors (Lipinski definition) is 5. The summed E-state index contributed by atoms with van der Waals surface area (Å²) >= 11 is 1.84. The zero-order chi connectivity index (χ0) is 62.4. The topological polar surface area (TPSA) is 122 Å². The number of nitrogens with one attached hydrogen (secondary N) is 5. The fourth-order valence-corrected chi connectivity index (χ4v) is 9.95. The van der Waals surface area contributed by atoms with E-state index in [9.17, 15) is 0 Å². The Kier molecular flexibility index (Phi) is 23.1. The Labute approximate surface area is 524 Å². The minimum Gasteiger partial charge on any atom is -0.388 e. The van der Waals surface area contributed by atoms with Crippen molar-refractivity contribution < 1.29 is 0 Å². The van der Waals surface area contributed by atoms with Gasteiger partial charge in [-0.2, -0.15) is 0 Å². The Balaban J connectivity index is 0.000000153. The normalized spacial score (nSPS) is 11.2. The van der Waals surface area contributed by atoms with E-state index in [1.165, 1.54) is 54.5 Å². The number of aromatic nitrogens is 5. The van der Waals surface area contributed by atoms with Crippen LogP contribution in [0, 0.1) is 69.2 Å². The molecule has 13 rings (SSSR count). The number of rotatable bonds is 8. The lowest BCUT2D eigenvalue weighted by atomic mass is 10.0. The lowest BCUT2D eigenvalue weighted by Gasteiger charge is -2.08. The Hall–Kier alpha value is -10.2. The smallest absolute Gasteiger partial charge is 0.138 e. The summed E-state index contributed by atoms with van der Waals surface area (Å²) in [6.45, 7) is 22.8. The van der Waals surface area contributed by atoms with Crippen LogP contribution < -0.4 is 10.6 Å². The van der Waals surface area contributed by atoms with Crippen molar-refractivity contribution in [3.63, 3.8) is 0 Å². The van der Waals surface area contributed by atoms with E-state index in [-0.39, 0.29) is 0 Å². The van der Waals surface area contributed by atoms with Gasteiger partial charge >= 0.3 is 0 Å². The van der Waals surface area contributed by atoms with Gasteiger partial charge in [-0.25, -0.2) is 20.0 Å². The summed E-state index contributed by atoms with van der Waals surface area (Å²) < 4.78 is 0. The molecule has 5 N–H and O–H groups in total. The monoisotopic (exact) mass is 1180 g/mol. The molecule has 0 bridgehead atoms. The number of imidazole rings is 2. The first kappa shape index (κ1) is 63.9. The summed E-state index contributed by atoms with van der Waals surface area (Å²) in [5.74, 6) is 1.84. The molecule has 4 heterocycles. The van der Waals surface area contributed by atoms with Gasteiger partial charge in [0.15, 0.2) is 0 Å². The number of fused-ring (bicyclic) bond motifs is 2. The number of benzene rings is 8. The largest absolute Gasteiger partial charge is 0.388 e. The third-order valence-corrected chi connectivity index (χ3v) is 14.9. The highest BCUT2D eigenvalue weighted by molar-refractivity contribution is 7.11. The fourth-order valence-electron chi connectivity index (χ4n) is 9.17. The maximum absolute atomic E-state index is 4.74. The van der Waals surface area contributed by atoms with Crippen LogP contribution in [0.15, 0.2) is 247 Å². The summed E-state index contributed by atoms with van der Waals surface area (Å²) in [5.41, 5.74) is 24.5. The quantitative estimate of drug-likeness (QED) is 0.0973. The van der Waals surface area contributed by atoms with Crippen LogP contribution in [0.2, 0.25) is 0 Å². The van der Waals surface area contributed by atoms with Gasteiger partial charge in [-0.3, -0.25) is 0 Å². The Morgan fingerprint density at radius 3 is 1.32 bits per heavy atom. The molecule has 0 radical (unpaired) electrons. The number of anilines is 3. The van der Waals surface area contributed by atoms with Gasteiger partial charge < -0.3 is 25.6 Å². The van der Waals surface area contributed by atoms with Crippen LogP contribution in [0.4, 0.5) is 28.4 Å². The van der Waals surface area contributed by atoms with Gasteiger partial charge in [-0.15, -0.1) is 11.3 Å². The summed E-state index contributed by atoms with van der Waals surface area (Å²) in [6, 6.07) is 70.9. The average molecular weight is 1180 g/mol. The van der Waals surface area contributed by atoms with Crippen LogP contribution >= 0.6 is 11.3 Å². The highest BCUT2D eigenvalue weighted by Gasteiger charge is 2.09. The first-order valence-electron chi connectivity index (χ1n) is 29.7. The predicted octanol–water partition coefficient (Wildman–Crippen LogP) is 21.5. The van der Waals surface area contributed by atoms with E-state index in [1.54, 1.807) is 0 Å². The van der Waals surface area contributed by atoms with Crippen molar-refractivity contribution in [1.82, 2.24) is 24.9 Å². The molecule has 9 nitrogen and oxygen atoms in total. The van der Waals surface area contributed by atoms with E-state index in [4.69, 9.17) is 9.98 Å². The van der Waals surface area contributed by atoms with Crippen molar-refractivity contribution in [2.24, 2.45) is 9.98 Å². The summed E-state index contributed by atoms with van der Waals surface area (Å²) in [5, 5.41) is 6.52. The Morgan fingerprint density at radius 1 is 0.409 bits per heavy atom. The molecule has 12 aromatic rings. The van der Waals surface area contributed by atoms with Gasteiger partial charge in [0.2, 0.25) is 0 Å². The Morgan fingerprint density at radius 2 is 0.864 bits per heavy atom. The van der Waals surface area contributed by atoms with Crippen molar-refractivity contribution in [3.05, 3.63) is 297 Å². The average Bonchev–Trinajstić information content (AvgIpc) is 3.32. The van der Waals surface area contributed by atoms with Gasteiger partial charge in [0.05, 0.1) is 44.9 Å². The summed E-state index contributed by atoms with van der Waals surface area (Å²) in [6.07, 6.45) is 12.1. The van der Waals surface area contributed by atoms with E-state index in [1.807, 2.05) is 137 Å². The lowest BCUT2D eigenvalue weighted by Crippen LogP contribution is -1.99. The van der Waals surface area contributed by atoms with Crippen molar-refractivity contribution in [2.45, 2.75) is 76.2 Å². The molecule has 0 spiro atoms. The second kappa shape index (κ2) is 31.8. The van der Waals surface area contributed by atoms with Crippen LogP contribution in [0.1, 0.15) is 67.3 Å². The number of aliphatic imine (C=N–C) groups is 2. The third-order valence-electron chi connectivity index (χ3n) is 13.9. The van der Waals surface area contributed by atoms with E-state index >= 15 is 0 Å². The van der Waals surface area contributed by atoms with Crippen LogP contribution in [-0.4, -0.2) is 43.4 Å². The van der Waals surface area contributed by atoms with Gasteiger partial charge in [0.1, 0.15) is 11.6 Å². The second-order valence-electron chi connectivity index (χ2n) is 21.9. The van der Waals surface area contributed by atoms with E-state index in [2.05, 4.69) is 236 Å². The summed E-state index contributed by atoms with van der Waals surface area (Å²) in [7, 11) is 1.91. The van der Waals surface area contributed by atoms with Crippen molar-refractivity contribution in [2.75, 3.05) is 17.7 Å². The number of thiophene rings is 1. The minimum absolute atomic E-state index is 0.903. The van der Waals surface area contributed by atoms with E-state index in [0.29, 0.717) is 0 Å². The molecular weight excluding hydrogens is 1090 g/mol. The molecule has 4 aromatic heterocycles. The maximum atomic E-state index is 4.74. The molecule has 0 saturated heterocycles. The number of aryl methyl sites for hydroxylation is 10. The molecule has 1 aliphatic rings. The molecule has 0 atom stereocenters. The fraction of sp³-hybridized carbons (Fsp3) is 0.154. The molecule has 0 unspecified atom stereocenters. The van der Waals surface area contributed by atoms with Gasteiger partial charge in [-0.05, 0) is 232 Å². The number of H-pyrrole nitrogens is 3. The number of aromatic amines is 3. The molecule has 0 amide bonds. The number of hydrogen-bond acceptors (Lipinski definition) is 7. The molecule has 0 fully saturated rings. The Bertz CT molecular complexity index is 4190. The van der Waals surface area contributed by atoms with E-state index < -0.39 is 0 Å². The maximum Gasteiger partial charge on any atom is 0.138 e.